The van der Waals surface area contributed by atoms with E-state index in [1.807, 2.05) is 18.2 Å². The minimum atomic E-state index is -0.344. The molecule has 0 spiro atoms. The lowest BCUT2D eigenvalue weighted by molar-refractivity contribution is 0.256. The molecule has 5 heteroatoms. The second kappa shape index (κ2) is 9.00. The first kappa shape index (κ1) is 17.0. The number of nitrogens with zero attached hydrogens (tertiary/aromatic N) is 1. The average Bonchev–Trinajstić information content (AvgIpc) is 2.47. The van der Waals surface area contributed by atoms with Crippen molar-refractivity contribution >= 4 is 17.7 Å². The molecule has 116 valence electrons. The van der Waals surface area contributed by atoms with Gasteiger partial charge < -0.3 is 11.1 Å². The normalized spacial score (nSPS) is 11.3. The summed E-state index contributed by atoms with van der Waals surface area (Å²) in [6, 6.07) is 5.71. The average molecular weight is 290 g/mol. The molecule has 21 heavy (non-hydrogen) atoms. The molecular weight excluding hydrogens is 264 g/mol. The number of urea groups is 1. The predicted octanol–water partition coefficient (Wildman–Crippen LogP) is 3.05. The zero-order chi connectivity index (χ0) is 15.7. The summed E-state index contributed by atoms with van der Waals surface area (Å²) in [4.78, 5) is 16.1. The van der Waals surface area contributed by atoms with Crippen molar-refractivity contribution in [3.05, 3.63) is 29.3 Å². The van der Waals surface area contributed by atoms with Gasteiger partial charge in [0.05, 0.1) is 0 Å². The van der Waals surface area contributed by atoms with Crippen LogP contribution in [0.4, 0.5) is 10.5 Å². The molecule has 1 aromatic rings. The molecule has 0 fully saturated rings. The third-order valence-electron chi connectivity index (χ3n) is 3.27. The fraction of sp³-hybridized carbons (Fsp3) is 0.500. The summed E-state index contributed by atoms with van der Waals surface area (Å²) >= 11 is 0. The molecule has 0 aromatic heterocycles. The Hall–Kier alpha value is -2.04. The lowest BCUT2D eigenvalue weighted by Gasteiger charge is -2.14. The van der Waals surface area contributed by atoms with Gasteiger partial charge in [-0.2, -0.15) is 0 Å². The number of nitrogens with one attached hydrogen (secondary N) is 2. The fourth-order valence-corrected chi connectivity index (χ4v) is 2.06. The molecule has 0 saturated heterocycles. The molecule has 0 radical (unpaired) electrons. The second-order valence-corrected chi connectivity index (χ2v) is 4.86. The highest BCUT2D eigenvalue weighted by Crippen LogP contribution is 2.22. The number of amides is 2. The molecule has 1 rings (SSSR count). The van der Waals surface area contributed by atoms with Crippen molar-refractivity contribution in [1.29, 1.82) is 0 Å². The Morgan fingerprint density at radius 1 is 1.19 bits per heavy atom. The number of carbonyl (C=O) groups excluding carboxylic acids is 1. The minimum Gasteiger partial charge on any atom is -0.370 e. The fourth-order valence-electron chi connectivity index (χ4n) is 2.06. The van der Waals surface area contributed by atoms with Gasteiger partial charge in [-0.15, -0.1) is 0 Å². The van der Waals surface area contributed by atoms with Gasteiger partial charge in [-0.3, -0.25) is 10.3 Å². The molecule has 0 bridgehead atoms. The summed E-state index contributed by atoms with van der Waals surface area (Å²) in [5, 5.41) is 5.46. The molecule has 5 nitrogen and oxygen atoms in total. The van der Waals surface area contributed by atoms with Crippen LogP contribution in [-0.4, -0.2) is 18.5 Å². The van der Waals surface area contributed by atoms with E-state index >= 15 is 0 Å². The van der Waals surface area contributed by atoms with E-state index in [1.54, 1.807) is 0 Å². The Morgan fingerprint density at radius 2 is 1.81 bits per heavy atom. The third-order valence-corrected chi connectivity index (χ3v) is 3.27. The van der Waals surface area contributed by atoms with Gasteiger partial charge in [-0.05, 0) is 30.4 Å². The molecule has 0 heterocycles. The van der Waals surface area contributed by atoms with Crippen LogP contribution in [0.15, 0.2) is 23.2 Å². The zero-order valence-corrected chi connectivity index (χ0v) is 13.2. The van der Waals surface area contributed by atoms with Crippen LogP contribution in [-0.2, 0) is 12.8 Å². The van der Waals surface area contributed by atoms with Gasteiger partial charge in [0, 0.05) is 12.2 Å². The topological polar surface area (TPSA) is 79.5 Å². The number of hydrogen-bond acceptors (Lipinski definition) is 2. The Kier molecular flexibility index (Phi) is 7.29. The van der Waals surface area contributed by atoms with Gasteiger partial charge in [0.1, 0.15) is 0 Å². The lowest BCUT2D eigenvalue weighted by atomic mass is 10.0. The van der Waals surface area contributed by atoms with E-state index in [-0.39, 0.29) is 12.0 Å². The van der Waals surface area contributed by atoms with Crippen LogP contribution in [0.5, 0.6) is 0 Å². The van der Waals surface area contributed by atoms with E-state index in [2.05, 4.69) is 36.4 Å². The first-order chi connectivity index (χ1) is 10.1. The van der Waals surface area contributed by atoms with Gasteiger partial charge in [-0.1, -0.05) is 45.4 Å². The van der Waals surface area contributed by atoms with E-state index in [4.69, 9.17) is 5.73 Å². The molecule has 0 aliphatic rings. The molecule has 0 atom stereocenters. The van der Waals surface area contributed by atoms with Gasteiger partial charge in [0.2, 0.25) is 0 Å². The van der Waals surface area contributed by atoms with Gasteiger partial charge in [0.25, 0.3) is 0 Å². The van der Waals surface area contributed by atoms with Gasteiger partial charge in [-0.25, -0.2) is 4.79 Å². The number of benzene rings is 1. The number of unbranched alkanes of at least 4 members (excludes halogenated alkanes) is 1. The van der Waals surface area contributed by atoms with Crippen molar-refractivity contribution in [3.63, 3.8) is 0 Å². The Labute approximate surface area is 127 Å². The molecular formula is C16H26N4O. The molecule has 0 aliphatic heterocycles. The summed E-state index contributed by atoms with van der Waals surface area (Å²) in [7, 11) is 0. The van der Waals surface area contributed by atoms with E-state index in [0.717, 1.165) is 42.5 Å². The lowest BCUT2D eigenvalue weighted by Crippen LogP contribution is -2.40. The van der Waals surface area contributed by atoms with E-state index in [0.29, 0.717) is 6.54 Å². The number of carbonyl (C=O) groups is 1. The molecule has 0 aliphatic carbocycles. The summed E-state index contributed by atoms with van der Waals surface area (Å²) in [5.74, 6) is 0.160. The molecule has 4 N–H and O–H groups in total. The Bertz CT molecular complexity index is 475. The molecule has 0 unspecified atom stereocenters. The summed E-state index contributed by atoms with van der Waals surface area (Å²) in [5.41, 5.74) is 8.80. The summed E-state index contributed by atoms with van der Waals surface area (Å²) in [6.07, 6.45) is 3.74. The van der Waals surface area contributed by atoms with E-state index in [1.165, 1.54) is 0 Å². The zero-order valence-electron chi connectivity index (χ0n) is 13.2. The van der Waals surface area contributed by atoms with Gasteiger partial charge in [0.15, 0.2) is 5.96 Å². The predicted molar refractivity (Wildman–Crippen MR) is 88.7 cm³/mol. The maximum absolute atomic E-state index is 12.0. The van der Waals surface area contributed by atoms with Crippen LogP contribution in [0.2, 0.25) is 0 Å². The van der Waals surface area contributed by atoms with Crippen LogP contribution in [0.1, 0.15) is 44.7 Å². The number of guanidine groups is 1. The third kappa shape index (κ3) is 5.45. The van der Waals surface area contributed by atoms with Crippen molar-refractivity contribution in [2.75, 3.05) is 11.9 Å². The Balaban J connectivity index is 2.72. The quantitative estimate of drug-likeness (QED) is 0.427. The van der Waals surface area contributed by atoms with Crippen molar-refractivity contribution in [1.82, 2.24) is 5.32 Å². The van der Waals surface area contributed by atoms with E-state index < -0.39 is 0 Å². The van der Waals surface area contributed by atoms with Crippen LogP contribution in [0, 0.1) is 0 Å². The highest BCUT2D eigenvalue weighted by molar-refractivity contribution is 6.02. The van der Waals surface area contributed by atoms with Crippen molar-refractivity contribution in [3.8, 4) is 0 Å². The molecule has 0 saturated carbocycles. The number of aliphatic imine (C=N–C) groups is 1. The number of aryl methyl sites for hydroxylation is 2. The second-order valence-electron chi connectivity index (χ2n) is 4.86. The minimum absolute atomic E-state index is 0.160. The highest BCUT2D eigenvalue weighted by Gasteiger charge is 2.10. The molecule has 1 aromatic carbocycles. The smallest absolute Gasteiger partial charge is 0.326 e. The van der Waals surface area contributed by atoms with Gasteiger partial charge >= 0.3 is 6.03 Å². The first-order valence-electron chi connectivity index (χ1n) is 7.61. The number of nitrogens with two attached hydrogens (primary N) is 1. The van der Waals surface area contributed by atoms with Crippen molar-refractivity contribution in [2.24, 2.45) is 10.7 Å². The number of rotatable bonds is 6. The largest absolute Gasteiger partial charge is 0.370 e. The monoisotopic (exact) mass is 290 g/mol. The molecule has 2 amide bonds. The maximum atomic E-state index is 12.0. The van der Waals surface area contributed by atoms with Crippen LogP contribution in [0.3, 0.4) is 0 Å². The van der Waals surface area contributed by atoms with E-state index in [9.17, 15) is 4.79 Å². The summed E-state index contributed by atoms with van der Waals surface area (Å²) < 4.78 is 0. The number of anilines is 1. The van der Waals surface area contributed by atoms with Crippen LogP contribution < -0.4 is 16.4 Å². The van der Waals surface area contributed by atoms with Crippen molar-refractivity contribution < 1.29 is 4.79 Å². The standard InChI is InChI=1S/C16H26N4O/c1-4-7-11-18-15(17)20-16(21)19-14-12(5-2)9-8-10-13(14)6-3/h8-10H,4-7,11H2,1-3H3,(H4,17,18,19,20,21). The summed E-state index contributed by atoms with van der Waals surface area (Å²) in [6.45, 7) is 6.85. The number of para-hydroxylation sites is 1. The highest BCUT2D eigenvalue weighted by atomic mass is 16.2. The Morgan fingerprint density at radius 3 is 2.33 bits per heavy atom. The maximum Gasteiger partial charge on any atom is 0.326 e. The first-order valence-corrected chi connectivity index (χ1v) is 7.61. The SMILES string of the molecule is CCCCN=C(N)NC(=O)Nc1c(CC)cccc1CC. The number of hydrogen-bond donors (Lipinski definition) is 3. The van der Waals surface area contributed by atoms with Crippen molar-refractivity contribution in [2.45, 2.75) is 46.5 Å². The van der Waals surface area contributed by atoms with Crippen LogP contribution in [0.25, 0.3) is 0 Å². The van der Waals surface area contributed by atoms with Crippen LogP contribution >= 0.6 is 0 Å².